The number of para-hydroxylation sites is 1. The van der Waals surface area contributed by atoms with Crippen molar-refractivity contribution < 1.29 is 23.5 Å². The lowest BCUT2D eigenvalue weighted by atomic mass is 10.1. The minimum absolute atomic E-state index is 0.169. The van der Waals surface area contributed by atoms with Crippen molar-refractivity contribution in [3.63, 3.8) is 0 Å². The van der Waals surface area contributed by atoms with Crippen LogP contribution in [0.4, 0.5) is 10.5 Å². The highest BCUT2D eigenvalue weighted by atomic mass is 16.5. The van der Waals surface area contributed by atoms with E-state index in [2.05, 4.69) is 10.3 Å². The van der Waals surface area contributed by atoms with E-state index < -0.39 is 12.1 Å². The van der Waals surface area contributed by atoms with Gasteiger partial charge in [-0.1, -0.05) is 12.1 Å². The maximum atomic E-state index is 12.5. The molecular formula is C24H18N2O6. The van der Waals surface area contributed by atoms with Gasteiger partial charge >= 0.3 is 12.1 Å². The third-order valence-electron chi connectivity index (χ3n) is 4.51. The number of anilines is 1. The van der Waals surface area contributed by atoms with Crippen molar-refractivity contribution >= 4 is 28.7 Å². The lowest BCUT2D eigenvalue weighted by molar-refractivity contribution is 0.0734. The third kappa shape index (κ3) is 4.49. The van der Waals surface area contributed by atoms with Crippen molar-refractivity contribution in [2.24, 2.45) is 0 Å². The maximum absolute atomic E-state index is 12.5. The largest absolute Gasteiger partial charge is 0.456 e. The SMILES string of the molecule is CCOC(=O)Nc1cc(OC(=O)c2cccnc2)ccc1-c1cc(=O)c2ccccc2o1. The number of pyridine rings is 1. The van der Waals surface area contributed by atoms with Gasteiger partial charge in [-0.3, -0.25) is 15.1 Å². The summed E-state index contributed by atoms with van der Waals surface area (Å²) in [6.07, 6.45) is 2.23. The van der Waals surface area contributed by atoms with E-state index in [4.69, 9.17) is 13.9 Å². The number of carbonyl (C=O) groups excluding carboxylic acids is 2. The predicted octanol–water partition coefficient (Wildman–Crippen LogP) is 4.64. The van der Waals surface area contributed by atoms with Crippen molar-refractivity contribution in [1.82, 2.24) is 4.98 Å². The molecule has 0 aliphatic heterocycles. The highest BCUT2D eigenvalue weighted by molar-refractivity contribution is 5.93. The van der Waals surface area contributed by atoms with Crippen molar-refractivity contribution in [2.75, 3.05) is 11.9 Å². The molecule has 0 saturated carbocycles. The number of rotatable bonds is 5. The Kier molecular flexibility index (Phi) is 5.94. The Morgan fingerprint density at radius 3 is 2.69 bits per heavy atom. The minimum Gasteiger partial charge on any atom is -0.456 e. The fraction of sp³-hybridized carbons (Fsp3) is 0.0833. The fourth-order valence-corrected chi connectivity index (χ4v) is 3.07. The van der Waals surface area contributed by atoms with Gasteiger partial charge in [0, 0.05) is 30.1 Å². The van der Waals surface area contributed by atoms with Gasteiger partial charge in [-0.05, 0) is 43.3 Å². The molecule has 4 rings (SSSR count). The van der Waals surface area contributed by atoms with E-state index in [0.29, 0.717) is 16.5 Å². The van der Waals surface area contributed by atoms with Crippen molar-refractivity contribution in [3.05, 3.63) is 88.8 Å². The van der Waals surface area contributed by atoms with E-state index in [-0.39, 0.29) is 34.8 Å². The van der Waals surface area contributed by atoms with Crippen LogP contribution in [-0.4, -0.2) is 23.7 Å². The molecule has 0 radical (unpaired) electrons. The Morgan fingerprint density at radius 1 is 1.06 bits per heavy atom. The number of nitrogens with zero attached hydrogens (tertiary/aromatic N) is 1. The van der Waals surface area contributed by atoms with Gasteiger partial charge in [0.25, 0.3) is 0 Å². The molecule has 0 bridgehead atoms. The van der Waals surface area contributed by atoms with Crippen LogP contribution >= 0.6 is 0 Å². The lowest BCUT2D eigenvalue weighted by Gasteiger charge is -2.13. The van der Waals surface area contributed by atoms with Crippen LogP contribution in [0.3, 0.4) is 0 Å². The Labute approximate surface area is 182 Å². The van der Waals surface area contributed by atoms with Crippen molar-refractivity contribution in [2.45, 2.75) is 6.92 Å². The highest BCUT2D eigenvalue weighted by Gasteiger charge is 2.16. The van der Waals surface area contributed by atoms with Crippen molar-refractivity contribution in [1.29, 1.82) is 0 Å². The standard InChI is InChI=1S/C24H18N2O6/c1-2-30-24(29)26-19-12-16(31-23(28)15-6-5-11-25-14-15)9-10-17(19)22-13-20(27)18-7-3-4-8-21(18)32-22/h3-14H,2H2,1H3,(H,26,29). The average molecular weight is 430 g/mol. The molecule has 160 valence electrons. The fourth-order valence-electron chi connectivity index (χ4n) is 3.07. The Hall–Kier alpha value is -4.46. The molecule has 0 aliphatic rings. The molecule has 0 spiro atoms. The number of benzene rings is 2. The molecule has 4 aromatic rings. The quantitative estimate of drug-likeness (QED) is 0.363. The molecule has 2 heterocycles. The molecular weight excluding hydrogens is 412 g/mol. The van der Waals surface area contributed by atoms with Crippen LogP contribution in [0.15, 0.2) is 82.3 Å². The van der Waals surface area contributed by atoms with Gasteiger partial charge < -0.3 is 13.9 Å². The second-order valence-corrected chi connectivity index (χ2v) is 6.66. The first-order chi connectivity index (χ1) is 15.5. The molecule has 1 amide bonds. The van der Waals surface area contributed by atoms with Gasteiger partial charge in [-0.2, -0.15) is 0 Å². The summed E-state index contributed by atoms with van der Waals surface area (Å²) < 4.78 is 16.3. The van der Waals surface area contributed by atoms with Crippen LogP contribution in [0.25, 0.3) is 22.3 Å². The molecule has 0 unspecified atom stereocenters. The van der Waals surface area contributed by atoms with E-state index in [0.717, 1.165) is 0 Å². The van der Waals surface area contributed by atoms with E-state index >= 15 is 0 Å². The second kappa shape index (κ2) is 9.13. The molecule has 8 nitrogen and oxygen atoms in total. The average Bonchev–Trinajstić information content (AvgIpc) is 2.80. The summed E-state index contributed by atoms with van der Waals surface area (Å²) in [7, 11) is 0. The monoisotopic (exact) mass is 430 g/mol. The molecule has 1 N–H and O–H groups in total. The Bertz CT molecular complexity index is 1350. The second-order valence-electron chi connectivity index (χ2n) is 6.66. The van der Waals surface area contributed by atoms with Gasteiger partial charge in [-0.25, -0.2) is 9.59 Å². The number of aromatic nitrogens is 1. The number of carbonyl (C=O) groups is 2. The Morgan fingerprint density at radius 2 is 1.91 bits per heavy atom. The van der Waals surface area contributed by atoms with E-state index in [1.807, 2.05) is 0 Å². The van der Waals surface area contributed by atoms with Gasteiger partial charge in [0.1, 0.15) is 17.1 Å². The molecule has 32 heavy (non-hydrogen) atoms. The smallest absolute Gasteiger partial charge is 0.411 e. The zero-order chi connectivity index (χ0) is 22.5. The van der Waals surface area contributed by atoms with Crippen LogP contribution in [0, 0.1) is 0 Å². The normalized spacial score (nSPS) is 10.5. The van der Waals surface area contributed by atoms with Gasteiger partial charge in [0.15, 0.2) is 5.43 Å². The number of fused-ring (bicyclic) bond motifs is 1. The number of esters is 1. The molecule has 8 heteroatoms. The van der Waals surface area contributed by atoms with Crippen molar-refractivity contribution in [3.8, 4) is 17.1 Å². The summed E-state index contributed by atoms with van der Waals surface area (Å²) in [6, 6.07) is 16.0. The van der Waals surface area contributed by atoms with E-state index in [1.54, 1.807) is 55.6 Å². The Balaban J connectivity index is 1.74. The molecule has 0 fully saturated rings. The van der Waals surface area contributed by atoms with Crippen LogP contribution in [-0.2, 0) is 4.74 Å². The lowest BCUT2D eigenvalue weighted by Crippen LogP contribution is -2.15. The number of ether oxygens (including phenoxy) is 2. The zero-order valence-corrected chi connectivity index (χ0v) is 17.0. The maximum Gasteiger partial charge on any atom is 0.411 e. The predicted molar refractivity (Wildman–Crippen MR) is 118 cm³/mol. The number of hydrogen-bond donors (Lipinski definition) is 1. The topological polar surface area (TPSA) is 108 Å². The zero-order valence-electron chi connectivity index (χ0n) is 17.0. The molecule has 0 aliphatic carbocycles. The summed E-state index contributed by atoms with van der Waals surface area (Å²) in [5.74, 6) is -0.187. The number of amides is 1. The summed E-state index contributed by atoms with van der Waals surface area (Å²) >= 11 is 0. The van der Waals surface area contributed by atoms with E-state index in [9.17, 15) is 14.4 Å². The summed E-state index contributed by atoms with van der Waals surface area (Å²) in [6.45, 7) is 1.84. The number of nitrogens with one attached hydrogen (secondary N) is 1. The highest BCUT2D eigenvalue weighted by Crippen LogP contribution is 2.33. The number of hydrogen-bond acceptors (Lipinski definition) is 7. The first-order valence-electron chi connectivity index (χ1n) is 9.78. The summed E-state index contributed by atoms with van der Waals surface area (Å²) in [4.78, 5) is 40.9. The minimum atomic E-state index is -0.701. The van der Waals surface area contributed by atoms with Gasteiger partial charge in [0.05, 0.1) is 23.2 Å². The third-order valence-corrected chi connectivity index (χ3v) is 4.51. The summed E-state index contributed by atoms with van der Waals surface area (Å²) in [5, 5.41) is 3.05. The molecule has 0 atom stereocenters. The van der Waals surface area contributed by atoms with E-state index in [1.165, 1.54) is 24.4 Å². The molecule has 2 aromatic heterocycles. The van der Waals surface area contributed by atoms with Crippen LogP contribution in [0.1, 0.15) is 17.3 Å². The van der Waals surface area contributed by atoms with Crippen LogP contribution in [0.5, 0.6) is 5.75 Å². The van der Waals surface area contributed by atoms with Gasteiger partial charge in [-0.15, -0.1) is 0 Å². The van der Waals surface area contributed by atoms with Gasteiger partial charge in [0.2, 0.25) is 0 Å². The first kappa shape index (κ1) is 20.8. The molecule has 0 saturated heterocycles. The van der Waals surface area contributed by atoms with Crippen LogP contribution < -0.4 is 15.5 Å². The summed E-state index contributed by atoms with van der Waals surface area (Å²) in [5.41, 5.74) is 1.12. The first-order valence-corrected chi connectivity index (χ1v) is 9.78. The molecule has 2 aromatic carbocycles. The van der Waals surface area contributed by atoms with Crippen LogP contribution in [0.2, 0.25) is 0 Å².